The third-order valence-corrected chi connectivity index (χ3v) is 5.25. The lowest BCUT2D eigenvalue weighted by molar-refractivity contribution is -0.896. The fourth-order valence-electron chi connectivity index (χ4n) is 3.95. The lowest BCUT2D eigenvalue weighted by Crippen LogP contribution is -3.14. The highest BCUT2D eigenvalue weighted by molar-refractivity contribution is 5.96. The van der Waals surface area contributed by atoms with Crippen LogP contribution < -0.4 is 14.5 Å². The van der Waals surface area contributed by atoms with E-state index >= 15 is 0 Å². The van der Waals surface area contributed by atoms with Crippen molar-refractivity contribution in [1.82, 2.24) is 0 Å². The van der Waals surface area contributed by atoms with Crippen molar-refractivity contribution in [3.8, 4) is 5.75 Å². The SMILES string of the molecule is O=C(C[NH+]1CCCCC1)N1c2ccccc2OC[C@H]1c1ccccc1. The number of piperidine rings is 1. The Morgan fingerprint density at radius 3 is 2.52 bits per heavy atom. The number of anilines is 1. The number of amides is 1. The fourth-order valence-corrected chi connectivity index (χ4v) is 3.95. The molecule has 1 saturated heterocycles. The lowest BCUT2D eigenvalue weighted by Gasteiger charge is -2.38. The number of fused-ring (bicyclic) bond motifs is 1. The molecule has 1 amide bonds. The zero-order chi connectivity index (χ0) is 17.1. The van der Waals surface area contributed by atoms with Crippen molar-refractivity contribution in [2.24, 2.45) is 0 Å². The van der Waals surface area contributed by atoms with Crippen LogP contribution in [0.1, 0.15) is 30.9 Å². The summed E-state index contributed by atoms with van der Waals surface area (Å²) in [5.74, 6) is 0.998. The van der Waals surface area contributed by atoms with Crippen molar-refractivity contribution in [3.05, 3.63) is 60.2 Å². The Bertz CT molecular complexity index is 726. The Labute approximate surface area is 149 Å². The monoisotopic (exact) mass is 337 g/mol. The maximum atomic E-state index is 13.3. The predicted molar refractivity (Wildman–Crippen MR) is 98.0 cm³/mol. The summed E-state index contributed by atoms with van der Waals surface area (Å²) >= 11 is 0. The second kappa shape index (κ2) is 7.28. The number of carbonyl (C=O) groups excluding carboxylic acids is 1. The van der Waals surface area contributed by atoms with E-state index in [1.54, 1.807) is 0 Å². The molecule has 2 aliphatic rings. The second-order valence-corrected chi connectivity index (χ2v) is 6.96. The molecule has 4 heteroatoms. The number of carbonyl (C=O) groups is 1. The minimum absolute atomic E-state index is 0.0622. The number of nitrogens with one attached hydrogen (secondary N) is 1. The summed E-state index contributed by atoms with van der Waals surface area (Å²) in [6.45, 7) is 3.28. The zero-order valence-electron chi connectivity index (χ0n) is 14.5. The van der Waals surface area contributed by atoms with E-state index in [0.717, 1.165) is 30.1 Å². The summed E-state index contributed by atoms with van der Waals surface area (Å²) in [5, 5.41) is 0. The van der Waals surface area contributed by atoms with Crippen molar-refractivity contribution >= 4 is 11.6 Å². The Hall–Kier alpha value is -2.33. The summed E-state index contributed by atoms with van der Waals surface area (Å²) in [5.41, 5.74) is 2.02. The van der Waals surface area contributed by atoms with Gasteiger partial charge in [0, 0.05) is 0 Å². The molecule has 1 N–H and O–H groups in total. The number of hydrogen-bond donors (Lipinski definition) is 1. The van der Waals surface area contributed by atoms with E-state index in [2.05, 4.69) is 12.1 Å². The summed E-state index contributed by atoms with van der Waals surface area (Å²) in [7, 11) is 0. The number of hydrogen-bond acceptors (Lipinski definition) is 2. The molecular formula is C21H25N2O2+. The Kier molecular flexibility index (Phi) is 4.70. The Morgan fingerprint density at radius 2 is 1.72 bits per heavy atom. The van der Waals surface area contributed by atoms with Gasteiger partial charge in [0.2, 0.25) is 0 Å². The van der Waals surface area contributed by atoms with Gasteiger partial charge in [-0.05, 0) is 37.0 Å². The second-order valence-electron chi connectivity index (χ2n) is 6.96. The van der Waals surface area contributed by atoms with Crippen LogP contribution in [0.15, 0.2) is 54.6 Å². The normalized spacial score (nSPS) is 20.6. The summed E-state index contributed by atoms with van der Waals surface area (Å²) in [6.07, 6.45) is 3.75. The summed E-state index contributed by atoms with van der Waals surface area (Å²) in [6, 6.07) is 18.0. The average molecular weight is 337 g/mol. The molecule has 130 valence electrons. The van der Waals surface area contributed by atoms with E-state index in [4.69, 9.17) is 4.74 Å². The number of ether oxygens (including phenoxy) is 1. The van der Waals surface area contributed by atoms with Crippen LogP contribution in [0.3, 0.4) is 0 Å². The van der Waals surface area contributed by atoms with Crippen molar-refractivity contribution in [2.75, 3.05) is 31.1 Å². The third kappa shape index (κ3) is 3.40. The molecule has 0 radical (unpaired) electrons. The topological polar surface area (TPSA) is 34.0 Å². The van der Waals surface area contributed by atoms with Gasteiger partial charge in [-0.1, -0.05) is 42.5 Å². The van der Waals surface area contributed by atoms with Gasteiger partial charge in [-0.2, -0.15) is 0 Å². The maximum Gasteiger partial charge on any atom is 0.282 e. The van der Waals surface area contributed by atoms with Gasteiger partial charge in [-0.3, -0.25) is 9.69 Å². The Morgan fingerprint density at radius 1 is 1.00 bits per heavy atom. The van der Waals surface area contributed by atoms with Crippen molar-refractivity contribution in [2.45, 2.75) is 25.3 Å². The third-order valence-electron chi connectivity index (χ3n) is 5.25. The van der Waals surface area contributed by atoms with Crippen LogP contribution in [0.4, 0.5) is 5.69 Å². The van der Waals surface area contributed by atoms with Gasteiger partial charge in [0.05, 0.1) is 24.8 Å². The highest BCUT2D eigenvalue weighted by Gasteiger charge is 2.35. The molecule has 4 rings (SSSR count). The van der Waals surface area contributed by atoms with E-state index < -0.39 is 0 Å². The molecule has 1 fully saturated rings. The molecule has 2 aliphatic heterocycles. The number of benzene rings is 2. The van der Waals surface area contributed by atoms with Crippen LogP contribution in [0.2, 0.25) is 0 Å². The van der Waals surface area contributed by atoms with E-state index in [1.165, 1.54) is 24.2 Å². The molecule has 0 aromatic heterocycles. The van der Waals surface area contributed by atoms with Gasteiger partial charge in [-0.15, -0.1) is 0 Å². The molecule has 0 unspecified atom stereocenters. The van der Waals surface area contributed by atoms with Crippen LogP contribution in [0.5, 0.6) is 5.75 Å². The standard InChI is InChI=1S/C21H24N2O2/c24-21(15-22-13-7-2-8-14-22)23-18-11-5-6-12-20(18)25-16-19(23)17-9-3-1-4-10-17/h1,3-6,9-12,19H,2,7-8,13-16H2/p+1/t19-/m0/s1. The van der Waals surface area contributed by atoms with Gasteiger partial charge in [0.1, 0.15) is 12.4 Å². The highest BCUT2D eigenvalue weighted by Crippen LogP contribution is 2.39. The predicted octanol–water partition coefficient (Wildman–Crippen LogP) is 2.22. The molecule has 2 aromatic rings. The van der Waals surface area contributed by atoms with Crippen molar-refractivity contribution in [1.29, 1.82) is 0 Å². The first kappa shape index (κ1) is 16.2. The molecule has 0 spiro atoms. The van der Waals surface area contributed by atoms with E-state index in [-0.39, 0.29) is 11.9 Å². The minimum atomic E-state index is -0.0622. The first-order valence-electron chi connectivity index (χ1n) is 9.25. The van der Waals surface area contributed by atoms with Gasteiger partial charge in [0.15, 0.2) is 6.54 Å². The molecule has 0 saturated carbocycles. The number of likely N-dealkylation sites (tertiary alicyclic amines) is 1. The maximum absolute atomic E-state index is 13.3. The smallest absolute Gasteiger partial charge is 0.282 e. The van der Waals surface area contributed by atoms with E-state index in [9.17, 15) is 4.79 Å². The van der Waals surface area contributed by atoms with Gasteiger partial charge < -0.3 is 9.64 Å². The first-order valence-corrected chi connectivity index (χ1v) is 9.25. The van der Waals surface area contributed by atoms with Crippen LogP contribution in [-0.4, -0.2) is 32.1 Å². The number of nitrogens with zero attached hydrogens (tertiary/aromatic N) is 1. The zero-order valence-corrected chi connectivity index (χ0v) is 14.5. The lowest BCUT2D eigenvalue weighted by atomic mass is 10.0. The van der Waals surface area contributed by atoms with Crippen LogP contribution >= 0.6 is 0 Å². The Balaban J connectivity index is 1.64. The molecule has 1 atom stereocenters. The molecule has 0 bridgehead atoms. The highest BCUT2D eigenvalue weighted by atomic mass is 16.5. The average Bonchev–Trinajstić information content (AvgIpc) is 2.68. The molecule has 2 aromatic carbocycles. The molecule has 0 aliphatic carbocycles. The molecular weight excluding hydrogens is 312 g/mol. The number of quaternary nitrogens is 1. The number of rotatable bonds is 3. The minimum Gasteiger partial charge on any atom is -0.489 e. The summed E-state index contributed by atoms with van der Waals surface area (Å²) in [4.78, 5) is 16.6. The summed E-state index contributed by atoms with van der Waals surface area (Å²) < 4.78 is 5.96. The van der Waals surface area contributed by atoms with Gasteiger partial charge in [-0.25, -0.2) is 0 Å². The molecule has 4 nitrogen and oxygen atoms in total. The largest absolute Gasteiger partial charge is 0.489 e. The van der Waals surface area contributed by atoms with Crippen LogP contribution in [-0.2, 0) is 4.79 Å². The van der Waals surface area contributed by atoms with Crippen LogP contribution in [0.25, 0.3) is 0 Å². The number of para-hydroxylation sites is 2. The van der Waals surface area contributed by atoms with E-state index in [0.29, 0.717) is 13.2 Å². The molecule has 25 heavy (non-hydrogen) atoms. The van der Waals surface area contributed by atoms with Crippen molar-refractivity contribution in [3.63, 3.8) is 0 Å². The van der Waals surface area contributed by atoms with Gasteiger partial charge >= 0.3 is 0 Å². The molecule has 2 heterocycles. The van der Waals surface area contributed by atoms with Gasteiger partial charge in [0.25, 0.3) is 5.91 Å². The fraction of sp³-hybridized carbons (Fsp3) is 0.381. The quantitative estimate of drug-likeness (QED) is 0.932. The first-order chi connectivity index (χ1) is 12.3. The van der Waals surface area contributed by atoms with Crippen LogP contribution in [0, 0.1) is 0 Å². The van der Waals surface area contributed by atoms with E-state index in [1.807, 2.05) is 47.4 Å². The van der Waals surface area contributed by atoms with Crippen molar-refractivity contribution < 1.29 is 14.4 Å².